The third-order valence-electron chi connectivity index (χ3n) is 6.25. The van der Waals surface area contributed by atoms with Gasteiger partial charge in [0.25, 0.3) is 0 Å². The van der Waals surface area contributed by atoms with Crippen LogP contribution < -0.4 is 4.74 Å². The summed E-state index contributed by atoms with van der Waals surface area (Å²) < 4.78 is 6.43. The van der Waals surface area contributed by atoms with Gasteiger partial charge < -0.3 is 9.84 Å². The molecule has 0 spiro atoms. The molecule has 162 valence electrons. The molecule has 0 bridgehead atoms. The van der Waals surface area contributed by atoms with Crippen molar-refractivity contribution >= 4 is 0 Å². The van der Waals surface area contributed by atoms with Gasteiger partial charge in [-0.3, -0.25) is 0 Å². The molecule has 1 N–H and O–H groups in total. The summed E-state index contributed by atoms with van der Waals surface area (Å²) >= 11 is 0. The fraction of sp³-hybridized carbons (Fsp3) is 0.630. The average Bonchev–Trinajstić information content (AvgIpc) is 2.62. The molecule has 2 nitrogen and oxygen atoms in total. The SMILES string of the molecule is CC(C)=CCC/C(C)=C/CCC(C)CCC[C@]1(C)CCc2cc(O)cc(C)c2O1. The Labute approximate surface area is 179 Å². The van der Waals surface area contributed by atoms with Crippen LogP contribution in [0.5, 0.6) is 11.5 Å². The van der Waals surface area contributed by atoms with Crippen LogP contribution in [0.3, 0.4) is 0 Å². The number of allylic oxidation sites excluding steroid dienone is 4. The van der Waals surface area contributed by atoms with E-state index in [2.05, 4.69) is 46.8 Å². The summed E-state index contributed by atoms with van der Waals surface area (Å²) in [7, 11) is 0. The van der Waals surface area contributed by atoms with E-state index in [1.165, 1.54) is 49.7 Å². The Hall–Kier alpha value is -1.70. The highest BCUT2D eigenvalue weighted by molar-refractivity contribution is 5.47. The average molecular weight is 399 g/mol. The van der Waals surface area contributed by atoms with Crippen molar-refractivity contribution in [3.05, 3.63) is 46.6 Å². The Bertz CT molecular complexity index is 724. The molecule has 2 heteroatoms. The normalized spacial score (nSPS) is 20.0. The largest absolute Gasteiger partial charge is 0.508 e. The standard InChI is InChI=1S/C27H42O2/c1-20(2)10-7-11-21(3)12-8-13-22(4)14-9-16-27(6)17-15-24-19-25(28)18-23(5)26(24)29-27/h10,12,18-19,22,28H,7-9,11,13-17H2,1-6H3/b21-12+/t22?,27-/m1/s1. The monoisotopic (exact) mass is 398 g/mol. The minimum atomic E-state index is -0.0735. The van der Waals surface area contributed by atoms with Crippen molar-refractivity contribution in [3.63, 3.8) is 0 Å². The molecule has 0 fully saturated rings. The van der Waals surface area contributed by atoms with Gasteiger partial charge in [-0.15, -0.1) is 0 Å². The maximum Gasteiger partial charge on any atom is 0.126 e. The number of benzene rings is 1. The van der Waals surface area contributed by atoms with Crippen LogP contribution in [0.25, 0.3) is 0 Å². The number of ether oxygens (including phenoxy) is 1. The van der Waals surface area contributed by atoms with Gasteiger partial charge in [0.15, 0.2) is 0 Å². The quantitative estimate of drug-likeness (QED) is 0.404. The van der Waals surface area contributed by atoms with E-state index in [1.54, 1.807) is 0 Å². The molecule has 0 saturated carbocycles. The van der Waals surface area contributed by atoms with Gasteiger partial charge >= 0.3 is 0 Å². The molecule has 1 aromatic rings. The highest BCUT2D eigenvalue weighted by atomic mass is 16.5. The molecule has 1 aliphatic rings. The number of phenolic OH excluding ortho intramolecular Hbond substituents is 1. The van der Waals surface area contributed by atoms with Crippen LogP contribution in [0.15, 0.2) is 35.4 Å². The Morgan fingerprint density at radius 1 is 1.17 bits per heavy atom. The zero-order valence-electron chi connectivity index (χ0n) is 19.6. The van der Waals surface area contributed by atoms with E-state index in [-0.39, 0.29) is 5.60 Å². The first-order valence-electron chi connectivity index (χ1n) is 11.5. The zero-order chi connectivity index (χ0) is 21.4. The minimum Gasteiger partial charge on any atom is -0.508 e. The summed E-state index contributed by atoms with van der Waals surface area (Å²) in [5, 5.41) is 9.81. The molecule has 1 heterocycles. The maximum absolute atomic E-state index is 9.81. The Morgan fingerprint density at radius 2 is 1.93 bits per heavy atom. The minimum absolute atomic E-state index is 0.0735. The van der Waals surface area contributed by atoms with Gasteiger partial charge in [-0.1, -0.05) is 36.6 Å². The van der Waals surface area contributed by atoms with Crippen LogP contribution in [-0.4, -0.2) is 10.7 Å². The van der Waals surface area contributed by atoms with E-state index in [0.717, 1.165) is 42.1 Å². The van der Waals surface area contributed by atoms with Crippen molar-refractivity contribution in [2.75, 3.05) is 0 Å². The van der Waals surface area contributed by atoms with Gasteiger partial charge in [-0.25, -0.2) is 0 Å². The first kappa shape index (κ1) is 23.6. The summed E-state index contributed by atoms with van der Waals surface area (Å²) in [5.74, 6) is 2.11. The van der Waals surface area contributed by atoms with Gasteiger partial charge in [0.2, 0.25) is 0 Å². The van der Waals surface area contributed by atoms with E-state index < -0.39 is 0 Å². The van der Waals surface area contributed by atoms with E-state index in [4.69, 9.17) is 4.74 Å². The number of rotatable bonds is 10. The predicted molar refractivity (Wildman–Crippen MR) is 125 cm³/mol. The number of aromatic hydroxyl groups is 1. The van der Waals surface area contributed by atoms with Gasteiger partial charge in [0.05, 0.1) is 0 Å². The third kappa shape index (κ3) is 7.91. The van der Waals surface area contributed by atoms with Crippen LogP contribution in [-0.2, 0) is 6.42 Å². The summed E-state index contributed by atoms with van der Waals surface area (Å²) in [5.41, 5.74) is 5.07. The second-order valence-electron chi connectivity index (χ2n) is 9.75. The molecule has 0 radical (unpaired) electrons. The lowest BCUT2D eigenvalue weighted by atomic mass is 9.86. The molecule has 1 aliphatic heterocycles. The number of phenols is 1. The van der Waals surface area contributed by atoms with Crippen LogP contribution in [0.2, 0.25) is 0 Å². The topological polar surface area (TPSA) is 29.5 Å². The summed E-state index contributed by atoms with van der Waals surface area (Å²) in [6, 6.07) is 3.67. The summed E-state index contributed by atoms with van der Waals surface area (Å²) in [4.78, 5) is 0. The lowest BCUT2D eigenvalue weighted by Gasteiger charge is -2.37. The molecule has 1 unspecified atom stereocenters. The number of hydrogen-bond acceptors (Lipinski definition) is 2. The third-order valence-corrected chi connectivity index (χ3v) is 6.25. The fourth-order valence-electron chi connectivity index (χ4n) is 4.30. The van der Waals surface area contributed by atoms with Crippen LogP contribution >= 0.6 is 0 Å². The van der Waals surface area contributed by atoms with E-state index >= 15 is 0 Å². The van der Waals surface area contributed by atoms with Gasteiger partial charge in [-0.2, -0.15) is 0 Å². The summed E-state index contributed by atoms with van der Waals surface area (Å²) in [6.45, 7) is 13.3. The van der Waals surface area contributed by atoms with Crippen molar-refractivity contribution in [3.8, 4) is 11.5 Å². The van der Waals surface area contributed by atoms with Crippen molar-refractivity contribution in [2.45, 2.75) is 105 Å². The Kier molecular flexibility index (Phi) is 8.86. The molecule has 1 aromatic carbocycles. The van der Waals surface area contributed by atoms with Crippen molar-refractivity contribution < 1.29 is 9.84 Å². The van der Waals surface area contributed by atoms with Gasteiger partial charge in [0.1, 0.15) is 17.1 Å². The molecule has 0 aromatic heterocycles. The second-order valence-corrected chi connectivity index (χ2v) is 9.75. The number of aryl methyl sites for hydroxylation is 2. The first-order chi connectivity index (χ1) is 13.7. The molecule has 29 heavy (non-hydrogen) atoms. The molecular formula is C27H42O2. The lowest BCUT2D eigenvalue weighted by Crippen LogP contribution is -2.36. The number of hydrogen-bond donors (Lipinski definition) is 1. The molecule has 0 amide bonds. The van der Waals surface area contributed by atoms with E-state index in [0.29, 0.717) is 5.75 Å². The molecule has 2 atom stereocenters. The zero-order valence-corrected chi connectivity index (χ0v) is 19.6. The van der Waals surface area contributed by atoms with Gasteiger partial charge in [0, 0.05) is 0 Å². The van der Waals surface area contributed by atoms with Crippen LogP contribution in [0.1, 0.15) is 97.1 Å². The fourth-order valence-corrected chi connectivity index (χ4v) is 4.30. The highest BCUT2D eigenvalue weighted by Crippen LogP contribution is 2.40. The maximum atomic E-state index is 9.81. The molecule has 0 saturated heterocycles. The lowest BCUT2D eigenvalue weighted by molar-refractivity contribution is 0.0515. The van der Waals surface area contributed by atoms with E-state index in [9.17, 15) is 5.11 Å². The smallest absolute Gasteiger partial charge is 0.126 e. The van der Waals surface area contributed by atoms with Crippen molar-refractivity contribution in [1.82, 2.24) is 0 Å². The van der Waals surface area contributed by atoms with Gasteiger partial charge in [-0.05, 0) is 115 Å². The Morgan fingerprint density at radius 3 is 2.66 bits per heavy atom. The van der Waals surface area contributed by atoms with Crippen LogP contribution in [0, 0.1) is 12.8 Å². The molecule has 2 rings (SSSR count). The van der Waals surface area contributed by atoms with Crippen LogP contribution in [0.4, 0.5) is 0 Å². The van der Waals surface area contributed by atoms with Crippen molar-refractivity contribution in [1.29, 1.82) is 0 Å². The second kappa shape index (κ2) is 10.9. The predicted octanol–water partition coefficient (Wildman–Crippen LogP) is 8.06. The molecular weight excluding hydrogens is 356 g/mol. The Balaban J connectivity index is 1.72. The van der Waals surface area contributed by atoms with Crippen molar-refractivity contribution in [2.24, 2.45) is 5.92 Å². The first-order valence-corrected chi connectivity index (χ1v) is 11.5. The molecule has 0 aliphatic carbocycles. The van der Waals surface area contributed by atoms with E-state index in [1.807, 2.05) is 19.1 Å². The summed E-state index contributed by atoms with van der Waals surface area (Å²) in [6.07, 6.45) is 15.2. The highest BCUT2D eigenvalue weighted by Gasteiger charge is 2.32. The number of fused-ring (bicyclic) bond motifs is 1.